The number of rotatable bonds is 9. The van der Waals surface area contributed by atoms with E-state index < -0.39 is 0 Å². The largest absolute Gasteiger partial charge is 0.460 e. The van der Waals surface area contributed by atoms with E-state index in [1.807, 2.05) is 0 Å². The predicted octanol–water partition coefficient (Wildman–Crippen LogP) is 0.767. The van der Waals surface area contributed by atoms with Crippen LogP contribution in [0.1, 0.15) is 20.8 Å². The van der Waals surface area contributed by atoms with Crippen molar-refractivity contribution in [1.29, 1.82) is 0 Å². The Morgan fingerprint density at radius 3 is 0.733 bits per heavy atom. The molecular formula is C21H48N3O6+3. The van der Waals surface area contributed by atoms with Gasteiger partial charge in [0, 0.05) is 20.8 Å². The van der Waals surface area contributed by atoms with Gasteiger partial charge >= 0.3 is 17.9 Å². The van der Waals surface area contributed by atoms with Gasteiger partial charge in [-0.15, -0.1) is 0 Å². The lowest BCUT2D eigenvalue weighted by Gasteiger charge is -2.23. The van der Waals surface area contributed by atoms with E-state index in [0.717, 1.165) is 33.1 Å². The second kappa shape index (κ2) is 16.0. The summed E-state index contributed by atoms with van der Waals surface area (Å²) in [5.74, 6) is -0.602. The van der Waals surface area contributed by atoms with Crippen LogP contribution in [-0.2, 0) is 28.6 Å². The van der Waals surface area contributed by atoms with Crippen molar-refractivity contribution in [3.8, 4) is 0 Å². The molecule has 0 unspecified atom stereocenters. The molecule has 30 heavy (non-hydrogen) atoms. The Morgan fingerprint density at radius 1 is 0.467 bits per heavy atom. The third-order valence-electron chi connectivity index (χ3n) is 3.20. The smallest absolute Gasteiger partial charge is 0.302 e. The van der Waals surface area contributed by atoms with Crippen molar-refractivity contribution < 1.29 is 42.0 Å². The molecule has 0 aromatic heterocycles. The maximum atomic E-state index is 10.3. The van der Waals surface area contributed by atoms with Crippen molar-refractivity contribution in [1.82, 2.24) is 0 Å². The summed E-state index contributed by atoms with van der Waals surface area (Å²) >= 11 is 0. The van der Waals surface area contributed by atoms with Crippen LogP contribution in [0.3, 0.4) is 0 Å². The molecule has 0 aliphatic rings. The third kappa shape index (κ3) is 45.2. The van der Waals surface area contributed by atoms with E-state index in [2.05, 4.69) is 63.4 Å². The van der Waals surface area contributed by atoms with Gasteiger partial charge in [-0.25, -0.2) is 0 Å². The quantitative estimate of drug-likeness (QED) is 0.301. The average Bonchev–Trinajstić information content (AvgIpc) is 2.42. The molecule has 0 aliphatic carbocycles. The standard InChI is InChI=1S/3C7H16NO2/c3*1-7(9)10-6-5-8(2,3)4/h3*5-6H2,1-4H3/q3*+1. The normalized spacial score (nSPS) is 11.2. The number of carbonyl (C=O) groups excluding carboxylic acids is 3. The summed E-state index contributed by atoms with van der Waals surface area (Å²) in [4.78, 5) is 30.9. The van der Waals surface area contributed by atoms with Gasteiger partial charge in [-0.2, -0.15) is 0 Å². The number of hydrogen-bond donors (Lipinski definition) is 0. The molecule has 0 fully saturated rings. The lowest BCUT2D eigenvalue weighted by atomic mass is 10.5. The molecule has 0 radical (unpaired) electrons. The average molecular weight is 439 g/mol. The maximum Gasteiger partial charge on any atom is 0.302 e. The Hall–Kier alpha value is -1.71. The molecule has 9 nitrogen and oxygen atoms in total. The van der Waals surface area contributed by atoms with Crippen LogP contribution in [-0.4, -0.2) is 134 Å². The summed E-state index contributed by atoms with van der Waals surface area (Å²) in [6.07, 6.45) is 0. The first-order valence-electron chi connectivity index (χ1n) is 10.1. The lowest BCUT2D eigenvalue weighted by molar-refractivity contribution is -0.870. The van der Waals surface area contributed by atoms with Gasteiger partial charge in [-0.05, 0) is 0 Å². The molecule has 0 amide bonds. The van der Waals surface area contributed by atoms with Gasteiger partial charge in [0.15, 0.2) is 0 Å². The zero-order valence-corrected chi connectivity index (χ0v) is 21.5. The molecule has 180 valence electrons. The highest BCUT2D eigenvalue weighted by Gasteiger charge is 2.07. The minimum absolute atomic E-state index is 0.201. The van der Waals surface area contributed by atoms with Crippen molar-refractivity contribution in [3.05, 3.63) is 0 Å². The number of esters is 3. The van der Waals surface area contributed by atoms with Gasteiger partial charge in [0.25, 0.3) is 0 Å². The third-order valence-corrected chi connectivity index (χ3v) is 3.20. The molecule has 0 atom stereocenters. The van der Waals surface area contributed by atoms with E-state index in [0.29, 0.717) is 19.8 Å². The molecule has 0 saturated heterocycles. The van der Waals surface area contributed by atoms with Gasteiger partial charge in [0.2, 0.25) is 0 Å². The fraction of sp³-hybridized carbons (Fsp3) is 0.857. The second-order valence-electron chi connectivity index (χ2n) is 10.1. The number of hydrogen-bond acceptors (Lipinski definition) is 6. The topological polar surface area (TPSA) is 78.9 Å². The molecule has 0 rings (SSSR count). The summed E-state index contributed by atoms with van der Waals surface area (Å²) in [5.41, 5.74) is 0. The van der Waals surface area contributed by atoms with Crippen LogP contribution in [0, 0.1) is 0 Å². The van der Waals surface area contributed by atoms with Crippen molar-refractivity contribution >= 4 is 17.9 Å². The van der Waals surface area contributed by atoms with E-state index in [1.54, 1.807) is 0 Å². The minimum atomic E-state index is -0.201. The first-order chi connectivity index (χ1) is 13.2. The van der Waals surface area contributed by atoms with Crippen LogP contribution in [0.2, 0.25) is 0 Å². The minimum Gasteiger partial charge on any atom is -0.460 e. The molecular weight excluding hydrogens is 390 g/mol. The van der Waals surface area contributed by atoms with Gasteiger partial charge in [0.05, 0.1) is 63.4 Å². The molecule has 0 saturated carbocycles. The van der Waals surface area contributed by atoms with Crippen LogP contribution in [0.4, 0.5) is 0 Å². The van der Waals surface area contributed by atoms with Crippen LogP contribution >= 0.6 is 0 Å². The first kappa shape index (κ1) is 32.9. The lowest BCUT2D eigenvalue weighted by Crippen LogP contribution is -2.37. The fourth-order valence-corrected chi connectivity index (χ4v) is 1.39. The summed E-state index contributed by atoms with van der Waals surface area (Å²) in [7, 11) is 18.5. The van der Waals surface area contributed by atoms with Crippen molar-refractivity contribution in [2.24, 2.45) is 0 Å². The summed E-state index contributed by atoms with van der Waals surface area (Å²) in [6.45, 7) is 8.40. The predicted molar refractivity (Wildman–Crippen MR) is 119 cm³/mol. The van der Waals surface area contributed by atoms with E-state index in [1.165, 1.54) is 20.8 Å². The summed E-state index contributed by atoms with van der Waals surface area (Å²) in [5, 5.41) is 0. The molecule has 0 aromatic rings. The molecule has 0 bridgehead atoms. The highest BCUT2D eigenvalue weighted by molar-refractivity contribution is 5.66. The fourth-order valence-electron chi connectivity index (χ4n) is 1.39. The molecule has 0 spiro atoms. The highest BCUT2D eigenvalue weighted by Crippen LogP contribution is 1.90. The number of nitrogens with zero attached hydrogens (tertiary/aromatic N) is 3. The SMILES string of the molecule is CC(=O)OCC[N+](C)(C)C.CC(=O)OCC[N+](C)(C)C.CC(=O)OCC[N+](C)(C)C. The Bertz CT molecular complexity index is 417. The van der Waals surface area contributed by atoms with E-state index >= 15 is 0 Å². The van der Waals surface area contributed by atoms with E-state index in [-0.39, 0.29) is 17.9 Å². The highest BCUT2D eigenvalue weighted by atomic mass is 16.5. The second-order valence-corrected chi connectivity index (χ2v) is 10.1. The molecule has 0 N–H and O–H groups in total. The van der Waals surface area contributed by atoms with E-state index in [9.17, 15) is 14.4 Å². The Labute approximate surface area is 184 Å². The zero-order chi connectivity index (χ0) is 24.6. The number of ether oxygens (including phenoxy) is 3. The Kier molecular flexibility index (Phi) is 17.6. The molecule has 9 heteroatoms. The van der Waals surface area contributed by atoms with Crippen LogP contribution in [0.25, 0.3) is 0 Å². The van der Waals surface area contributed by atoms with Gasteiger partial charge in [-0.3, -0.25) is 14.4 Å². The van der Waals surface area contributed by atoms with Crippen molar-refractivity contribution in [2.45, 2.75) is 20.8 Å². The molecule has 0 aromatic carbocycles. The number of likely N-dealkylation sites (N-methyl/N-ethyl adjacent to an activating group) is 3. The van der Waals surface area contributed by atoms with Crippen LogP contribution in [0.15, 0.2) is 0 Å². The first-order valence-corrected chi connectivity index (χ1v) is 10.1. The van der Waals surface area contributed by atoms with Crippen LogP contribution < -0.4 is 0 Å². The van der Waals surface area contributed by atoms with Crippen LogP contribution in [0.5, 0.6) is 0 Å². The zero-order valence-electron chi connectivity index (χ0n) is 21.5. The maximum absolute atomic E-state index is 10.3. The van der Waals surface area contributed by atoms with Crippen molar-refractivity contribution in [3.63, 3.8) is 0 Å². The Morgan fingerprint density at radius 2 is 0.633 bits per heavy atom. The van der Waals surface area contributed by atoms with Gasteiger partial charge < -0.3 is 27.7 Å². The van der Waals surface area contributed by atoms with E-state index in [4.69, 9.17) is 14.2 Å². The summed E-state index contributed by atoms with van der Waals surface area (Å²) < 4.78 is 16.8. The monoisotopic (exact) mass is 438 g/mol. The van der Waals surface area contributed by atoms with Gasteiger partial charge in [-0.1, -0.05) is 0 Å². The summed E-state index contributed by atoms with van der Waals surface area (Å²) in [6, 6.07) is 0. The molecule has 0 aliphatic heterocycles. The number of quaternary nitrogens is 3. The van der Waals surface area contributed by atoms with Crippen molar-refractivity contribution in [2.75, 3.05) is 103 Å². The van der Waals surface area contributed by atoms with Gasteiger partial charge in [0.1, 0.15) is 39.5 Å². The number of carbonyl (C=O) groups is 3. The Balaban J connectivity index is -0.000000364. The molecule has 0 heterocycles.